The molecule has 0 unspecified atom stereocenters. The Morgan fingerprint density at radius 3 is 2.33 bits per heavy atom. The topological polar surface area (TPSA) is 58.3 Å². The first-order chi connectivity index (χ1) is 12.8. The standard InChI is InChI=1S/C21H31N5O/c1-14-17(15(2)27-24-14)13-25-8-10-26(11-9-25)19-12-18(21(3,4)5)22-20(23-19)16-6-7-16/h12,16H,6-11,13H2,1-5H3. The second kappa shape index (κ2) is 6.89. The maximum absolute atomic E-state index is 5.31. The molecule has 27 heavy (non-hydrogen) atoms. The lowest BCUT2D eigenvalue weighted by atomic mass is 9.91. The van der Waals surface area contributed by atoms with Gasteiger partial charge < -0.3 is 9.42 Å². The molecule has 2 fully saturated rings. The van der Waals surface area contributed by atoms with E-state index in [0.29, 0.717) is 5.92 Å². The number of hydrogen-bond donors (Lipinski definition) is 0. The minimum absolute atomic E-state index is 0.0481. The molecule has 2 aromatic heterocycles. The molecule has 0 aromatic carbocycles. The molecule has 0 amide bonds. The van der Waals surface area contributed by atoms with Gasteiger partial charge in [-0.15, -0.1) is 0 Å². The minimum atomic E-state index is 0.0481. The molecule has 0 N–H and O–H groups in total. The van der Waals surface area contributed by atoms with Crippen molar-refractivity contribution in [1.82, 2.24) is 20.0 Å². The molecule has 2 aromatic rings. The Kier molecular flexibility index (Phi) is 4.70. The molecule has 0 bridgehead atoms. The van der Waals surface area contributed by atoms with Gasteiger partial charge in [-0.05, 0) is 26.7 Å². The fourth-order valence-electron chi connectivity index (χ4n) is 3.61. The van der Waals surface area contributed by atoms with E-state index in [9.17, 15) is 0 Å². The van der Waals surface area contributed by atoms with Gasteiger partial charge >= 0.3 is 0 Å². The predicted octanol–water partition coefficient (Wildman–Crippen LogP) is 3.58. The van der Waals surface area contributed by atoms with Crippen LogP contribution in [0.4, 0.5) is 5.82 Å². The average Bonchev–Trinajstić information content (AvgIpc) is 3.44. The molecule has 1 saturated carbocycles. The van der Waals surface area contributed by atoms with Gasteiger partial charge in [0.25, 0.3) is 0 Å². The molecule has 4 rings (SSSR count). The van der Waals surface area contributed by atoms with Gasteiger partial charge in [0.1, 0.15) is 17.4 Å². The van der Waals surface area contributed by atoms with E-state index in [1.54, 1.807) is 0 Å². The molecule has 1 aliphatic heterocycles. The maximum Gasteiger partial charge on any atom is 0.138 e. The monoisotopic (exact) mass is 369 g/mol. The van der Waals surface area contributed by atoms with E-state index in [0.717, 1.165) is 61.5 Å². The molecule has 1 saturated heterocycles. The second-order valence-corrected chi connectivity index (χ2v) is 9.06. The van der Waals surface area contributed by atoms with Crippen molar-refractivity contribution in [3.8, 4) is 0 Å². The van der Waals surface area contributed by atoms with Crippen LogP contribution < -0.4 is 4.90 Å². The number of hydrogen-bond acceptors (Lipinski definition) is 6. The van der Waals surface area contributed by atoms with Crippen molar-refractivity contribution in [2.24, 2.45) is 0 Å². The van der Waals surface area contributed by atoms with Gasteiger partial charge in [-0.2, -0.15) is 0 Å². The van der Waals surface area contributed by atoms with Gasteiger partial charge in [-0.1, -0.05) is 25.9 Å². The van der Waals surface area contributed by atoms with Crippen molar-refractivity contribution >= 4 is 5.82 Å². The molecular weight excluding hydrogens is 338 g/mol. The van der Waals surface area contributed by atoms with Crippen LogP contribution in [-0.2, 0) is 12.0 Å². The van der Waals surface area contributed by atoms with E-state index in [-0.39, 0.29) is 5.41 Å². The maximum atomic E-state index is 5.31. The number of rotatable bonds is 4. The van der Waals surface area contributed by atoms with Crippen LogP contribution >= 0.6 is 0 Å². The minimum Gasteiger partial charge on any atom is -0.361 e. The van der Waals surface area contributed by atoms with Crippen molar-refractivity contribution in [2.45, 2.75) is 65.3 Å². The largest absolute Gasteiger partial charge is 0.361 e. The SMILES string of the molecule is Cc1noc(C)c1CN1CCN(c2cc(C(C)(C)C)nc(C3CC3)n2)CC1. The van der Waals surface area contributed by atoms with Gasteiger partial charge in [0, 0.05) is 55.7 Å². The quantitative estimate of drug-likeness (QED) is 0.821. The van der Waals surface area contributed by atoms with E-state index in [4.69, 9.17) is 14.5 Å². The van der Waals surface area contributed by atoms with Crippen molar-refractivity contribution < 1.29 is 4.52 Å². The van der Waals surface area contributed by atoms with E-state index in [1.165, 1.54) is 18.4 Å². The Morgan fingerprint density at radius 2 is 1.78 bits per heavy atom. The summed E-state index contributed by atoms with van der Waals surface area (Å²) in [6.45, 7) is 15.7. The number of nitrogens with zero attached hydrogens (tertiary/aromatic N) is 5. The highest BCUT2D eigenvalue weighted by Crippen LogP contribution is 2.39. The summed E-state index contributed by atoms with van der Waals surface area (Å²) in [5, 5.41) is 4.08. The van der Waals surface area contributed by atoms with Crippen molar-refractivity contribution in [3.05, 3.63) is 34.6 Å². The smallest absolute Gasteiger partial charge is 0.138 e. The summed E-state index contributed by atoms with van der Waals surface area (Å²) < 4.78 is 5.31. The average molecular weight is 370 g/mol. The van der Waals surface area contributed by atoms with Crippen LogP contribution in [0.15, 0.2) is 10.6 Å². The molecule has 0 radical (unpaired) electrons. The Morgan fingerprint density at radius 1 is 1.07 bits per heavy atom. The van der Waals surface area contributed by atoms with Gasteiger partial charge in [0.05, 0.1) is 11.4 Å². The number of aryl methyl sites for hydroxylation is 2. The van der Waals surface area contributed by atoms with Crippen molar-refractivity contribution in [2.75, 3.05) is 31.1 Å². The lowest BCUT2D eigenvalue weighted by Gasteiger charge is -2.36. The zero-order valence-electron chi connectivity index (χ0n) is 17.2. The highest BCUT2D eigenvalue weighted by Gasteiger charge is 2.30. The number of anilines is 1. The third-order valence-electron chi connectivity index (χ3n) is 5.70. The molecule has 0 atom stereocenters. The molecule has 1 aliphatic carbocycles. The van der Waals surface area contributed by atoms with Crippen LogP contribution in [0.3, 0.4) is 0 Å². The second-order valence-electron chi connectivity index (χ2n) is 9.06. The number of aromatic nitrogens is 3. The zero-order chi connectivity index (χ0) is 19.2. The summed E-state index contributed by atoms with van der Waals surface area (Å²) in [4.78, 5) is 14.7. The van der Waals surface area contributed by atoms with Crippen LogP contribution in [0, 0.1) is 13.8 Å². The zero-order valence-corrected chi connectivity index (χ0v) is 17.2. The lowest BCUT2D eigenvalue weighted by Crippen LogP contribution is -2.46. The third kappa shape index (κ3) is 4.00. The lowest BCUT2D eigenvalue weighted by molar-refractivity contribution is 0.247. The van der Waals surface area contributed by atoms with Crippen LogP contribution in [0.1, 0.15) is 68.1 Å². The summed E-state index contributed by atoms with van der Waals surface area (Å²) in [7, 11) is 0. The van der Waals surface area contributed by atoms with E-state index in [2.05, 4.69) is 41.8 Å². The van der Waals surface area contributed by atoms with Crippen LogP contribution in [0.25, 0.3) is 0 Å². The first kappa shape index (κ1) is 18.4. The van der Waals surface area contributed by atoms with E-state index < -0.39 is 0 Å². The summed E-state index contributed by atoms with van der Waals surface area (Å²) in [5.74, 6) is 3.67. The molecule has 6 nitrogen and oxygen atoms in total. The first-order valence-electron chi connectivity index (χ1n) is 10.1. The summed E-state index contributed by atoms with van der Waals surface area (Å²) in [5.41, 5.74) is 3.45. The summed E-state index contributed by atoms with van der Waals surface area (Å²) in [6, 6.07) is 2.20. The van der Waals surface area contributed by atoms with Gasteiger partial charge in [0.2, 0.25) is 0 Å². The van der Waals surface area contributed by atoms with Crippen LogP contribution in [0.5, 0.6) is 0 Å². The highest BCUT2D eigenvalue weighted by molar-refractivity contribution is 5.43. The first-order valence-corrected chi connectivity index (χ1v) is 10.1. The molecule has 6 heteroatoms. The summed E-state index contributed by atoms with van der Waals surface area (Å²) >= 11 is 0. The van der Waals surface area contributed by atoms with Gasteiger partial charge in [-0.3, -0.25) is 4.90 Å². The fraction of sp³-hybridized carbons (Fsp3) is 0.667. The fourth-order valence-corrected chi connectivity index (χ4v) is 3.61. The van der Waals surface area contributed by atoms with Crippen molar-refractivity contribution in [1.29, 1.82) is 0 Å². The van der Waals surface area contributed by atoms with Crippen LogP contribution in [0.2, 0.25) is 0 Å². The Balaban J connectivity index is 1.47. The highest BCUT2D eigenvalue weighted by atomic mass is 16.5. The Hall–Kier alpha value is -1.95. The third-order valence-corrected chi connectivity index (χ3v) is 5.70. The Labute approximate surface area is 162 Å². The molecule has 3 heterocycles. The van der Waals surface area contributed by atoms with Gasteiger partial charge in [-0.25, -0.2) is 9.97 Å². The molecule has 146 valence electrons. The van der Waals surface area contributed by atoms with Crippen LogP contribution in [-0.4, -0.2) is 46.2 Å². The summed E-state index contributed by atoms with van der Waals surface area (Å²) in [6.07, 6.45) is 2.47. The molecular formula is C21H31N5O. The van der Waals surface area contributed by atoms with E-state index >= 15 is 0 Å². The normalized spacial score (nSPS) is 18.9. The molecule has 0 spiro atoms. The van der Waals surface area contributed by atoms with Gasteiger partial charge in [0.15, 0.2) is 0 Å². The predicted molar refractivity (Wildman–Crippen MR) is 106 cm³/mol. The van der Waals surface area contributed by atoms with E-state index in [1.807, 2.05) is 13.8 Å². The number of piperazine rings is 1. The molecule has 2 aliphatic rings. The van der Waals surface area contributed by atoms with Crippen molar-refractivity contribution in [3.63, 3.8) is 0 Å². The Bertz CT molecular complexity index is 791.